The third-order valence-electron chi connectivity index (χ3n) is 3.99. The van der Waals surface area contributed by atoms with Gasteiger partial charge in [-0.25, -0.2) is 0 Å². The molecule has 3 rings (SSSR count). The lowest BCUT2D eigenvalue weighted by Crippen LogP contribution is -2.44. The fraction of sp³-hybridized carbons (Fsp3) is 0.643. The molecular weight excluding hydrogens is 329 g/mol. The SMILES string of the molecule is Cl.Cl.O=C(NCCN1CCc2sccc2C1)C1CCCN1. The van der Waals surface area contributed by atoms with Crippen molar-refractivity contribution in [1.82, 2.24) is 15.5 Å². The molecule has 1 unspecified atom stereocenters. The van der Waals surface area contributed by atoms with Crippen LogP contribution in [0.3, 0.4) is 0 Å². The van der Waals surface area contributed by atoms with Crippen LogP contribution in [0.5, 0.6) is 0 Å². The van der Waals surface area contributed by atoms with Crippen molar-refractivity contribution in [3.63, 3.8) is 0 Å². The molecule has 2 aliphatic rings. The zero-order valence-electron chi connectivity index (χ0n) is 12.0. The van der Waals surface area contributed by atoms with Gasteiger partial charge in [0.25, 0.3) is 0 Å². The van der Waals surface area contributed by atoms with Crippen LogP contribution < -0.4 is 10.6 Å². The van der Waals surface area contributed by atoms with Crippen molar-refractivity contribution in [2.75, 3.05) is 26.2 Å². The largest absolute Gasteiger partial charge is 0.353 e. The number of hydrogen-bond donors (Lipinski definition) is 2. The van der Waals surface area contributed by atoms with Crippen LogP contribution in [-0.2, 0) is 17.8 Å². The Hall–Kier alpha value is -0.330. The predicted octanol–water partition coefficient (Wildman–Crippen LogP) is 1.82. The summed E-state index contributed by atoms with van der Waals surface area (Å²) in [6.45, 7) is 4.84. The van der Waals surface area contributed by atoms with E-state index < -0.39 is 0 Å². The van der Waals surface area contributed by atoms with Gasteiger partial charge in [0, 0.05) is 31.1 Å². The van der Waals surface area contributed by atoms with E-state index in [4.69, 9.17) is 0 Å². The van der Waals surface area contributed by atoms with Crippen LogP contribution in [0.1, 0.15) is 23.3 Å². The summed E-state index contributed by atoms with van der Waals surface area (Å²) in [5.74, 6) is 0.172. The van der Waals surface area contributed by atoms with Gasteiger partial charge in [-0.1, -0.05) is 0 Å². The molecule has 3 heterocycles. The Morgan fingerprint density at radius 1 is 1.48 bits per heavy atom. The maximum Gasteiger partial charge on any atom is 0.237 e. The van der Waals surface area contributed by atoms with E-state index in [0.717, 1.165) is 52.0 Å². The zero-order valence-corrected chi connectivity index (χ0v) is 14.4. The predicted molar refractivity (Wildman–Crippen MR) is 91.8 cm³/mol. The lowest BCUT2D eigenvalue weighted by Gasteiger charge is -2.26. The summed E-state index contributed by atoms with van der Waals surface area (Å²) in [6, 6.07) is 2.28. The Balaban J connectivity index is 0.00000110. The molecular formula is C14H23Cl2N3OS. The molecule has 0 aliphatic carbocycles. The minimum absolute atomic E-state index is 0. The lowest BCUT2D eigenvalue weighted by molar-refractivity contribution is -0.122. The molecule has 1 aromatic heterocycles. The Labute approximate surface area is 142 Å². The average molecular weight is 352 g/mol. The van der Waals surface area contributed by atoms with Gasteiger partial charge in [-0.15, -0.1) is 36.2 Å². The summed E-state index contributed by atoms with van der Waals surface area (Å²) in [5, 5.41) is 8.46. The van der Waals surface area contributed by atoms with Gasteiger partial charge in [0.1, 0.15) is 0 Å². The summed E-state index contributed by atoms with van der Waals surface area (Å²) in [4.78, 5) is 15.8. The van der Waals surface area contributed by atoms with E-state index >= 15 is 0 Å². The fourth-order valence-electron chi connectivity index (χ4n) is 2.87. The summed E-state index contributed by atoms with van der Waals surface area (Å²) < 4.78 is 0. The molecule has 1 fully saturated rings. The number of nitrogens with one attached hydrogen (secondary N) is 2. The molecule has 0 aromatic carbocycles. The second kappa shape index (κ2) is 8.96. The van der Waals surface area contributed by atoms with Crippen LogP contribution in [0.25, 0.3) is 0 Å². The second-order valence-corrected chi connectivity index (χ2v) is 6.34. The van der Waals surface area contributed by atoms with Gasteiger partial charge in [-0.2, -0.15) is 0 Å². The van der Waals surface area contributed by atoms with Crippen LogP contribution in [0.15, 0.2) is 11.4 Å². The number of hydrogen-bond acceptors (Lipinski definition) is 4. The van der Waals surface area contributed by atoms with Crippen LogP contribution in [0.4, 0.5) is 0 Å². The molecule has 4 nitrogen and oxygen atoms in total. The van der Waals surface area contributed by atoms with Gasteiger partial charge in [0.15, 0.2) is 0 Å². The maximum absolute atomic E-state index is 11.9. The molecule has 7 heteroatoms. The van der Waals surface area contributed by atoms with E-state index in [1.807, 2.05) is 11.3 Å². The number of carbonyl (C=O) groups is 1. The number of halogens is 2. The molecule has 0 spiro atoms. The van der Waals surface area contributed by atoms with E-state index in [1.54, 1.807) is 0 Å². The van der Waals surface area contributed by atoms with Crippen molar-refractivity contribution in [1.29, 1.82) is 0 Å². The summed E-state index contributed by atoms with van der Waals surface area (Å²) in [5.41, 5.74) is 1.47. The van der Waals surface area contributed by atoms with Gasteiger partial charge >= 0.3 is 0 Å². The number of amides is 1. The standard InChI is InChI=1S/C14H21N3OS.2ClH/c18-14(12-2-1-5-15-12)16-6-8-17-7-3-13-11(10-17)4-9-19-13;;/h4,9,12,15H,1-3,5-8,10H2,(H,16,18);2*1H. The fourth-order valence-corrected chi connectivity index (χ4v) is 3.76. The van der Waals surface area contributed by atoms with Crippen LogP contribution >= 0.6 is 36.2 Å². The normalized spacial score (nSPS) is 21.0. The Morgan fingerprint density at radius 3 is 3.10 bits per heavy atom. The highest BCUT2D eigenvalue weighted by Gasteiger charge is 2.22. The molecule has 21 heavy (non-hydrogen) atoms. The number of fused-ring (bicyclic) bond motifs is 1. The van der Waals surface area contributed by atoms with Gasteiger partial charge < -0.3 is 10.6 Å². The van der Waals surface area contributed by atoms with E-state index in [-0.39, 0.29) is 36.8 Å². The van der Waals surface area contributed by atoms with E-state index in [0.29, 0.717) is 0 Å². The van der Waals surface area contributed by atoms with Crippen molar-refractivity contribution in [2.24, 2.45) is 0 Å². The van der Waals surface area contributed by atoms with Crippen molar-refractivity contribution in [3.05, 3.63) is 21.9 Å². The topological polar surface area (TPSA) is 44.4 Å². The Kier molecular flexibility index (Phi) is 7.98. The van der Waals surface area contributed by atoms with Crippen molar-refractivity contribution < 1.29 is 4.79 Å². The van der Waals surface area contributed by atoms with Gasteiger partial charge in [-0.05, 0) is 42.8 Å². The Morgan fingerprint density at radius 2 is 2.33 bits per heavy atom. The summed E-state index contributed by atoms with van der Waals surface area (Å²) in [6.07, 6.45) is 3.25. The van der Waals surface area contributed by atoms with Crippen molar-refractivity contribution in [3.8, 4) is 0 Å². The van der Waals surface area contributed by atoms with Crippen LogP contribution in [0.2, 0.25) is 0 Å². The van der Waals surface area contributed by atoms with Crippen LogP contribution in [0, 0.1) is 0 Å². The monoisotopic (exact) mass is 351 g/mol. The number of nitrogens with zero attached hydrogens (tertiary/aromatic N) is 1. The third kappa shape index (κ3) is 4.83. The highest BCUT2D eigenvalue weighted by molar-refractivity contribution is 7.10. The van der Waals surface area contributed by atoms with Crippen molar-refractivity contribution in [2.45, 2.75) is 31.8 Å². The third-order valence-corrected chi connectivity index (χ3v) is 5.01. The molecule has 1 aromatic rings. The van der Waals surface area contributed by atoms with Gasteiger partial charge in [-0.3, -0.25) is 9.69 Å². The van der Waals surface area contributed by atoms with Gasteiger partial charge in [0.05, 0.1) is 6.04 Å². The molecule has 1 atom stereocenters. The molecule has 1 saturated heterocycles. The molecule has 0 saturated carbocycles. The highest BCUT2D eigenvalue weighted by atomic mass is 35.5. The number of carbonyl (C=O) groups excluding carboxylic acids is 1. The molecule has 120 valence electrons. The van der Waals surface area contributed by atoms with Crippen molar-refractivity contribution >= 4 is 42.1 Å². The number of thiophene rings is 1. The van der Waals surface area contributed by atoms with E-state index in [9.17, 15) is 4.79 Å². The first kappa shape index (κ1) is 18.7. The van der Waals surface area contributed by atoms with E-state index in [2.05, 4.69) is 27.0 Å². The Bertz CT molecular complexity index is 449. The van der Waals surface area contributed by atoms with Gasteiger partial charge in [0.2, 0.25) is 5.91 Å². The quantitative estimate of drug-likeness (QED) is 0.869. The molecule has 0 bridgehead atoms. The number of rotatable bonds is 4. The zero-order chi connectivity index (χ0) is 13.1. The second-order valence-electron chi connectivity index (χ2n) is 5.34. The minimum atomic E-state index is 0. The first-order chi connectivity index (χ1) is 9.33. The smallest absolute Gasteiger partial charge is 0.237 e. The highest BCUT2D eigenvalue weighted by Crippen LogP contribution is 2.23. The van der Waals surface area contributed by atoms with Crippen LogP contribution in [-0.4, -0.2) is 43.0 Å². The average Bonchev–Trinajstić information content (AvgIpc) is 3.09. The molecule has 2 N–H and O–H groups in total. The first-order valence-corrected chi connectivity index (χ1v) is 7.99. The summed E-state index contributed by atoms with van der Waals surface area (Å²) >= 11 is 1.87. The minimum Gasteiger partial charge on any atom is -0.353 e. The first-order valence-electron chi connectivity index (χ1n) is 7.11. The molecule has 2 aliphatic heterocycles. The lowest BCUT2D eigenvalue weighted by atomic mass is 10.1. The summed E-state index contributed by atoms with van der Waals surface area (Å²) in [7, 11) is 0. The molecule has 0 radical (unpaired) electrons. The van der Waals surface area contributed by atoms with E-state index in [1.165, 1.54) is 10.4 Å². The maximum atomic E-state index is 11.9. The molecule has 1 amide bonds.